The van der Waals surface area contributed by atoms with Gasteiger partial charge in [0, 0.05) is 18.8 Å². The summed E-state index contributed by atoms with van der Waals surface area (Å²) in [4.78, 5) is 0. The summed E-state index contributed by atoms with van der Waals surface area (Å²) in [5.41, 5.74) is 12.3. The Morgan fingerprint density at radius 2 is 1.11 bits per heavy atom. The summed E-state index contributed by atoms with van der Waals surface area (Å²) in [6.07, 6.45) is 25.2. The Morgan fingerprint density at radius 3 is 1.48 bits per heavy atom. The summed E-state index contributed by atoms with van der Waals surface area (Å²) < 4.78 is 5.88. The third-order valence-corrected chi connectivity index (χ3v) is 5.41. The van der Waals surface area contributed by atoms with Gasteiger partial charge in [0.2, 0.25) is 0 Å². The second kappa shape index (κ2) is 21.8. The normalized spacial score (nSPS) is 13.2. The van der Waals surface area contributed by atoms with Crippen LogP contribution in [0.5, 0.6) is 0 Å². The van der Waals surface area contributed by atoms with Crippen LogP contribution in [-0.4, -0.2) is 19.3 Å². The van der Waals surface area contributed by atoms with Crippen LogP contribution >= 0.6 is 0 Å². The summed E-state index contributed by atoms with van der Waals surface area (Å²) in [6.45, 7) is 5.70. The van der Waals surface area contributed by atoms with E-state index in [1.54, 1.807) is 0 Å². The van der Waals surface area contributed by atoms with Gasteiger partial charge in [0.05, 0.1) is 6.10 Å². The molecule has 0 spiro atoms. The molecule has 0 heterocycles. The van der Waals surface area contributed by atoms with Gasteiger partial charge in [-0.2, -0.15) is 0 Å². The second-order valence-electron chi connectivity index (χ2n) is 8.01. The van der Waals surface area contributed by atoms with E-state index in [1.807, 2.05) is 6.08 Å². The van der Waals surface area contributed by atoms with Crippen LogP contribution in [0.25, 0.3) is 0 Å². The maximum Gasteiger partial charge on any atom is 0.0961 e. The molecule has 0 aliphatic carbocycles. The summed E-state index contributed by atoms with van der Waals surface area (Å²) in [7, 11) is 0. The van der Waals surface area contributed by atoms with Gasteiger partial charge in [0.15, 0.2) is 0 Å². The lowest BCUT2D eigenvalue weighted by Crippen LogP contribution is -2.22. The Hall–Kier alpha value is -0.540. The minimum Gasteiger partial charge on any atom is -0.400 e. The molecule has 1 atom stereocenters. The van der Waals surface area contributed by atoms with Crippen molar-refractivity contribution in [2.24, 2.45) is 11.5 Å². The topological polar surface area (TPSA) is 61.3 Å². The maximum absolute atomic E-state index is 5.97. The van der Waals surface area contributed by atoms with Gasteiger partial charge >= 0.3 is 0 Å². The highest BCUT2D eigenvalue weighted by molar-refractivity contribution is 5.03. The molecule has 0 rings (SSSR count). The number of rotatable bonds is 21. The first-order chi connectivity index (χ1) is 13.3. The lowest BCUT2D eigenvalue weighted by Gasteiger charge is -2.16. The maximum atomic E-state index is 5.97. The number of nitrogens with two attached hydrogens (primary N) is 2. The molecule has 0 radical (unpaired) electrons. The molecule has 0 aliphatic rings. The van der Waals surface area contributed by atoms with Gasteiger partial charge in [-0.05, 0) is 18.9 Å². The number of hydrogen-bond acceptors (Lipinski definition) is 3. The highest BCUT2D eigenvalue weighted by Gasteiger charge is 2.08. The van der Waals surface area contributed by atoms with E-state index in [2.05, 4.69) is 13.8 Å². The van der Waals surface area contributed by atoms with Crippen LogP contribution in [-0.2, 0) is 4.74 Å². The molecule has 0 saturated carbocycles. The molecule has 0 aromatic rings. The first kappa shape index (κ1) is 26.5. The van der Waals surface area contributed by atoms with E-state index >= 15 is 0 Å². The van der Waals surface area contributed by atoms with E-state index < -0.39 is 0 Å². The molecular weight excluding hydrogens is 332 g/mol. The van der Waals surface area contributed by atoms with Gasteiger partial charge in [-0.3, -0.25) is 0 Å². The minimum atomic E-state index is 0.0462. The highest BCUT2D eigenvalue weighted by Crippen LogP contribution is 2.14. The Kier molecular flexibility index (Phi) is 21.3. The quantitative estimate of drug-likeness (QED) is 0.213. The van der Waals surface area contributed by atoms with Crippen molar-refractivity contribution >= 4 is 0 Å². The first-order valence-electron chi connectivity index (χ1n) is 12.0. The fourth-order valence-electron chi connectivity index (χ4n) is 3.59. The van der Waals surface area contributed by atoms with E-state index in [0.29, 0.717) is 6.54 Å². The monoisotopic (exact) mass is 382 g/mol. The van der Waals surface area contributed by atoms with Crippen molar-refractivity contribution in [3.05, 3.63) is 11.8 Å². The van der Waals surface area contributed by atoms with Gasteiger partial charge in [-0.15, -0.1) is 0 Å². The third kappa shape index (κ3) is 18.6. The summed E-state index contributed by atoms with van der Waals surface area (Å²) >= 11 is 0. The zero-order valence-corrected chi connectivity index (χ0v) is 18.7. The molecule has 3 nitrogen and oxygen atoms in total. The van der Waals surface area contributed by atoms with E-state index in [4.69, 9.17) is 16.2 Å². The standard InChI is InChI=1S/C24H50N2O/c1-3-5-6-7-8-9-10-11-12-13-14-15-16-17-18-19-22-27-24(4-2)23(26)20-21-25/h20,24H,3-19,21-22,25-26H2,1-2H3. The summed E-state index contributed by atoms with van der Waals surface area (Å²) in [5.74, 6) is 0. The van der Waals surface area contributed by atoms with Crippen LogP contribution < -0.4 is 11.5 Å². The van der Waals surface area contributed by atoms with Crippen LogP contribution in [0.2, 0.25) is 0 Å². The fraction of sp³-hybridized carbons (Fsp3) is 0.917. The molecule has 162 valence electrons. The van der Waals surface area contributed by atoms with Crippen LogP contribution in [0.15, 0.2) is 11.8 Å². The predicted octanol–water partition coefficient (Wildman–Crippen LogP) is 6.84. The van der Waals surface area contributed by atoms with Gasteiger partial charge in [-0.25, -0.2) is 0 Å². The van der Waals surface area contributed by atoms with Crippen LogP contribution in [0.1, 0.15) is 123 Å². The van der Waals surface area contributed by atoms with Crippen molar-refractivity contribution in [1.29, 1.82) is 0 Å². The fourth-order valence-corrected chi connectivity index (χ4v) is 3.59. The number of hydrogen-bond donors (Lipinski definition) is 2. The van der Waals surface area contributed by atoms with E-state index in [-0.39, 0.29) is 6.10 Å². The lowest BCUT2D eigenvalue weighted by molar-refractivity contribution is 0.0708. The van der Waals surface area contributed by atoms with Crippen molar-refractivity contribution in [1.82, 2.24) is 0 Å². The Morgan fingerprint density at radius 1 is 0.704 bits per heavy atom. The summed E-state index contributed by atoms with van der Waals surface area (Å²) in [6, 6.07) is 0. The van der Waals surface area contributed by atoms with Gasteiger partial charge < -0.3 is 16.2 Å². The van der Waals surface area contributed by atoms with Crippen molar-refractivity contribution in [2.45, 2.75) is 129 Å². The van der Waals surface area contributed by atoms with Gasteiger partial charge in [-0.1, -0.05) is 110 Å². The Labute approximate surface area is 170 Å². The number of ether oxygens (including phenoxy) is 1. The molecule has 0 aliphatic heterocycles. The molecule has 27 heavy (non-hydrogen) atoms. The SMILES string of the molecule is CCCCCCCCCCCCCCCCCCOC(CC)C(N)=CCN. The summed E-state index contributed by atoms with van der Waals surface area (Å²) in [5, 5.41) is 0. The Bertz CT molecular complexity index is 318. The van der Waals surface area contributed by atoms with Gasteiger partial charge in [0.1, 0.15) is 0 Å². The van der Waals surface area contributed by atoms with Crippen LogP contribution in [0, 0.1) is 0 Å². The molecule has 4 N–H and O–H groups in total. The van der Waals surface area contributed by atoms with E-state index in [1.165, 1.54) is 96.3 Å². The van der Waals surface area contributed by atoms with Crippen molar-refractivity contribution < 1.29 is 4.74 Å². The largest absolute Gasteiger partial charge is 0.400 e. The zero-order chi connectivity index (χ0) is 20.0. The lowest BCUT2D eigenvalue weighted by atomic mass is 10.0. The molecule has 0 aromatic heterocycles. The van der Waals surface area contributed by atoms with Crippen molar-refractivity contribution in [3.8, 4) is 0 Å². The van der Waals surface area contributed by atoms with E-state index in [0.717, 1.165) is 25.1 Å². The van der Waals surface area contributed by atoms with Gasteiger partial charge in [0.25, 0.3) is 0 Å². The van der Waals surface area contributed by atoms with E-state index in [9.17, 15) is 0 Å². The third-order valence-electron chi connectivity index (χ3n) is 5.41. The van der Waals surface area contributed by atoms with Crippen LogP contribution in [0.4, 0.5) is 0 Å². The minimum absolute atomic E-state index is 0.0462. The van der Waals surface area contributed by atoms with Crippen LogP contribution in [0.3, 0.4) is 0 Å². The smallest absolute Gasteiger partial charge is 0.0961 e. The molecule has 0 saturated heterocycles. The average molecular weight is 383 g/mol. The molecule has 0 amide bonds. The first-order valence-corrected chi connectivity index (χ1v) is 12.0. The van der Waals surface area contributed by atoms with Crippen molar-refractivity contribution in [3.63, 3.8) is 0 Å². The molecule has 3 heteroatoms. The molecular formula is C24H50N2O. The number of unbranched alkanes of at least 4 members (excludes halogenated alkanes) is 15. The highest BCUT2D eigenvalue weighted by atomic mass is 16.5. The average Bonchev–Trinajstić information content (AvgIpc) is 2.67. The second-order valence-corrected chi connectivity index (χ2v) is 8.01. The molecule has 0 fully saturated rings. The molecule has 1 unspecified atom stereocenters. The van der Waals surface area contributed by atoms with Crippen molar-refractivity contribution in [2.75, 3.05) is 13.2 Å². The molecule has 0 aromatic carbocycles. The zero-order valence-electron chi connectivity index (χ0n) is 18.7. The Balaban J connectivity index is 3.24. The molecule has 0 bridgehead atoms. The predicted molar refractivity (Wildman–Crippen MR) is 121 cm³/mol.